The summed E-state index contributed by atoms with van der Waals surface area (Å²) in [4.78, 5) is 20.7. The highest BCUT2D eigenvalue weighted by atomic mass is 16.1. The molecule has 1 atom stereocenters. The third-order valence-corrected chi connectivity index (χ3v) is 4.25. The molecule has 1 aliphatic heterocycles. The molecule has 1 fully saturated rings. The molecule has 21 heavy (non-hydrogen) atoms. The minimum absolute atomic E-state index is 0.606. The quantitative estimate of drug-likeness (QED) is 0.750. The van der Waals surface area contributed by atoms with Crippen molar-refractivity contribution in [2.24, 2.45) is 0 Å². The van der Waals surface area contributed by atoms with Crippen molar-refractivity contribution in [1.82, 2.24) is 24.7 Å². The van der Waals surface area contributed by atoms with Crippen molar-refractivity contribution in [1.29, 1.82) is 0 Å². The average Bonchev–Trinajstić information content (AvgIpc) is 3.03. The van der Waals surface area contributed by atoms with Gasteiger partial charge in [-0.1, -0.05) is 6.92 Å². The maximum atomic E-state index is 11.5. The highest BCUT2D eigenvalue weighted by Crippen LogP contribution is 2.17. The molecule has 0 saturated carbocycles. The number of hydrogen-bond donors (Lipinski definition) is 1. The summed E-state index contributed by atoms with van der Waals surface area (Å²) in [6.45, 7) is 8.42. The zero-order valence-electron chi connectivity index (χ0n) is 13.6. The van der Waals surface area contributed by atoms with E-state index in [0.29, 0.717) is 18.3 Å². The Bertz CT molecular complexity index is 483. The molecule has 1 N–H and O–H groups in total. The summed E-state index contributed by atoms with van der Waals surface area (Å²) >= 11 is 0. The average molecular weight is 293 g/mol. The van der Waals surface area contributed by atoms with E-state index in [0.717, 1.165) is 44.1 Å². The summed E-state index contributed by atoms with van der Waals surface area (Å²) in [5, 5.41) is 3.24. The first-order chi connectivity index (χ1) is 10.1. The summed E-state index contributed by atoms with van der Waals surface area (Å²) in [5.74, 6) is 0.915. The number of likely N-dealkylation sites (N-methyl/N-ethyl adjacent to an activating group) is 1. The smallest absolute Gasteiger partial charge is 0.168 e. The third-order valence-electron chi connectivity index (χ3n) is 4.25. The molecule has 0 spiro atoms. The first-order valence-electron chi connectivity index (χ1n) is 7.67. The van der Waals surface area contributed by atoms with E-state index in [4.69, 9.17) is 0 Å². The molecule has 2 rings (SSSR count). The number of nitrogens with zero attached hydrogens (tertiary/aromatic N) is 4. The van der Waals surface area contributed by atoms with E-state index < -0.39 is 0 Å². The van der Waals surface area contributed by atoms with Crippen molar-refractivity contribution < 1.29 is 4.79 Å². The van der Waals surface area contributed by atoms with Gasteiger partial charge in [-0.15, -0.1) is 0 Å². The van der Waals surface area contributed by atoms with Gasteiger partial charge in [-0.2, -0.15) is 0 Å². The van der Waals surface area contributed by atoms with Crippen LogP contribution in [-0.2, 0) is 13.2 Å². The van der Waals surface area contributed by atoms with Crippen molar-refractivity contribution in [2.45, 2.75) is 39.5 Å². The Morgan fingerprint density at radius 3 is 2.81 bits per heavy atom. The van der Waals surface area contributed by atoms with Crippen LogP contribution < -0.4 is 5.32 Å². The molecule has 1 aliphatic rings. The predicted molar refractivity (Wildman–Crippen MR) is 83.4 cm³/mol. The number of rotatable bonds is 7. The van der Waals surface area contributed by atoms with Crippen molar-refractivity contribution in [3.63, 3.8) is 0 Å². The maximum absolute atomic E-state index is 11.5. The van der Waals surface area contributed by atoms with Crippen LogP contribution >= 0.6 is 0 Å². The molecule has 0 aliphatic carbocycles. The Kier molecular flexibility index (Phi) is 5.50. The molecule has 1 aromatic heterocycles. The minimum Gasteiger partial charge on any atom is -0.312 e. The zero-order chi connectivity index (χ0) is 15.4. The second-order valence-corrected chi connectivity index (χ2v) is 5.94. The van der Waals surface area contributed by atoms with E-state index in [1.807, 2.05) is 11.5 Å². The van der Waals surface area contributed by atoms with Gasteiger partial charge in [-0.3, -0.25) is 9.69 Å². The highest BCUT2D eigenvalue weighted by molar-refractivity contribution is 5.74. The van der Waals surface area contributed by atoms with E-state index >= 15 is 0 Å². The zero-order valence-corrected chi connectivity index (χ0v) is 13.6. The molecular weight excluding hydrogens is 266 g/mol. The third kappa shape index (κ3) is 3.70. The summed E-state index contributed by atoms with van der Waals surface area (Å²) in [6.07, 6.45) is 2.12. The van der Waals surface area contributed by atoms with E-state index in [1.165, 1.54) is 6.42 Å². The van der Waals surface area contributed by atoms with E-state index in [-0.39, 0.29) is 0 Å². The SMILES string of the molecule is CCNCc1nc(C)n(CN2CCC(N(C)C)C2)c1C=O. The lowest BCUT2D eigenvalue weighted by atomic mass is 10.2. The summed E-state index contributed by atoms with van der Waals surface area (Å²) < 4.78 is 2.04. The van der Waals surface area contributed by atoms with Gasteiger partial charge >= 0.3 is 0 Å². The number of carbonyl (C=O) groups is 1. The van der Waals surface area contributed by atoms with Crippen molar-refractivity contribution in [3.05, 3.63) is 17.2 Å². The summed E-state index contributed by atoms with van der Waals surface area (Å²) in [7, 11) is 4.25. The number of likely N-dealkylation sites (tertiary alicyclic amines) is 1. The van der Waals surface area contributed by atoms with Crippen LogP contribution in [0.5, 0.6) is 0 Å². The molecule has 6 nitrogen and oxygen atoms in total. The lowest BCUT2D eigenvalue weighted by molar-refractivity contribution is 0.110. The second kappa shape index (κ2) is 7.15. The van der Waals surface area contributed by atoms with Crippen LogP contribution in [0.2, 0.25) is 0 Å². The molecule has 0 aromatic carbocycles. The van der Waals surface area contributed by atoms with Crippen molar-refractivity contribution in [2.75, 3.05) is 33.7 Å². The normalized spacial score (nSPS) is 19.6. The van der Waals surface area contributed by atoms with Gasteiger partial charge < -0.3 is 14.8 Å². The molecule has 0 amide bonds. The maximum Gasteiger partial charge on any atom is 0.168 e. The number of hydrogen-bond acceptors (Lipinski definition) is 5. The fourth-order valence-corrected chi connectivity index (χ4v) is 2.89. The number of aldehydes is 1. The largest absolute Gasteiger partial charge is 0.312 e. The fraction of sp³-hybridized carbons (Fsp3) is 0.733. The minimum atomic E-state index is 0.606. The Morgan fingerprint density at radius 2 is 2.24 bits per heavy atom. The Morgan fingerprint density at radius 1 is 1.48 bits per heavy atom. The van der Waals surface area contributed by atoms with E-state index in [9.17, 15) is 4.79 Å². The van der Waals surface area contributed by atoms with Crippen LogP contribution in [-0.4, -0.2) is 65.4 Å². The Labute approximate surface area is 127 Å². The van der Waals surface area contributed by atoms with Gasteiger partial charge in [0, 0.05) is 25.7 Å². The highest BCUT2D eigenvalue weighted by Gasteiger charge is 2.25. The molecule has 1 aromatic rings. The van der Waals surface area contributed by atoms with Crippen LogP contribution in [0.3, 0.4) is 0 Å². The van der Waals surface area contributed by atoms with Crippen LogP contribution in [0, 0.1) is 6.92 Å². The van der Waals surface area contributed by atoms with Gasteiger partial charge in [0.25, 0.3) is 0 Å². The topological polar surface area (TPSA) is 53.4 Å². The van der Waals surface area contributed by atoms with E-state index in [1.54, 1.807) is 0 Å². The van der Waals surface area contributed by atoms with Gasteiger partial charge in [0.15, 0.2) is 6.29 Å². The number of aromatic nitrogens is 2. The monoisotopic (exact) mass is 293 g/mol. The van der Waals surface area contributed by atoms with Gasteiger partial charge in [0.2, 0.25) is 0 Å². The van der Waals surface area contributed by atoms with Crippen LogP contribution in [0.4, 0.5) is 0 Å². The number of imidazole rings is 1. The molecular formula is C15H27N5O. The van der Waals surface area contributed by atoms with Crippen LogP contribution in [0.15, 0.2) is 0 Å². The lowest BCUT2D eigenvalue weighted by Gasteiger charge is -2.21. The lowest BCUT2D eigenvalue weighted by Crippen LogP contribution is -2.32. The second-order valence-electron chi connectivity index (χ2n) is 5.94. The van der Waals surface area contributed by atoms with Crippen molar-refractivity contribution in [3.8, 4) is 0 Å². The predicted octanol–water partition coefficient (Wildman–Crippen LogP) is 0.707. The number of aryl methyl sites for hydroxylation is 1. The summed E-state index contributed by atoms with van der Waals surface area (Å²) in [6, 6.07) is 0.606. The van der Waals surface area contributed by atoms with Gasteiger partial charge in [0.05, 0.1) is 12.4 Å². The van der Waals surface area contributed by atoms with Gasteiger partial charge in [0.1, 0.15) is 11.5 Å². The van der Waals surface area contributed by atoms with E-state index in [2.05, 4.69) is 41.1 Å². The first-order valence-corrected chi connectivity index (χ1v) is 7.67. The fourth-order valence-electron chi connectivity index (χ4n) is 2.89. The summed E-state index contributed by atoms with van der Waals surface area (Å²) in [5.41, 5.74) is 1.56. The molecule has 6 heteroatoms. The Hall–Kier alpha value is -1.24. The molecule has 118 valence electrons. The first kappa shape index (κ1) is 16.1. The van der Waals surface area contributed by atoms with Crippen molar-refractivity contribution >= 4 is 6.29 Å². The Balaban J connectivity index is 2.09. The molecule has 1 unspecified atom stereocenters. The molecule has 0 bridgehead atoms. The van der Waals surface area contributed by atoms with Crippen LogP contribution in [0.25, 0.3) is 0 Å². The van der Waals surface area contributed by atoms with Gasteiger partial charge in [-0.05, 0) is 34.0 Å². The number of nitrogens with one attached hydrogen (secondary N) is 1. The molecule has 0 radical (unpaired) electrons. The van der Waals surface area contributed by atoms with Gasteiger partial charge in [-0.25, -0.2) is 4.98 Å². The number of carbonyl (C=O) groups excluding carboxylic acids is 1. The molecule has 2 heterocycles. The standard InChI is InChI=1S/C15H27N5O/c1-5-16-8-14-15(10-21)20(12(2)17-14)11-19-7-6-13(9-19)18(3)4/h10,13,16H,5-9,11H2,1-4H3. The molecule has 1 saturated heterocycles. The van der Waals surface area contributed by atoms with Crippen LogP contribution in [0.1, 0.15) is 35.4 Å².